The summed E-state index contributed by atoms with van der Waals surface area (Å²) in [6.45, 7) is 3.64. The molecule has 0 unspecified atom stereocenters. The Bertz CT molecular complexity index is 775. The summed E-state index contributed by atoms with van der Waals surface area (Å²) in [6, 6.07) is 12.3. The van der Waals surface area contributed by atoms with Crippen molar-refractivity contribution >= 4 is 22.2 Å². The van der Waals surface area contributed by atoms with Gasteiger partial charge in [-0.2, -0.15) is 0 Å². The van der Waals surface area contributed by atoms with Crippen LogP contribution in [0.15, 0.2) is 46.6 Å². The Balaban J connectivity index is 1.81. The van der Waals surface area contributed by atoms with Gasteiger partial charge in [-0.3, -0.25) is 4.79 Å². The van der Waals surface area contributed by atoms with Crippen LogP contribution in [0.1, 0.15) is 16.0 Å². The van der Waals surface area contributed by atoms with Crippen molar-refractivity contribution in [2.75, 3.05) is 0 Å². The average molecular weight is 285 g/mol. The molecule has 3 nitrogen and oxygen atoms in total. The lowest BCUT2D eigenvalue weighted by Gasteiger charge is -2.05. The fraction of sp³-hybridized carbons (Fsp3) is 0.188. The largest absolute Gasteiger partial charge is 0.338 e. The molecule has 3 rings (SSSR count). The summed E-state index contributed by atoms with van der Waals surface area (Å²) >= 11 is 1.75. The highest BCUT2D eigenvalue weighted by Gasteiger charge is 2.06. The topological polar surface area (TPSA) is 49.5 Å². The Labute approximate surface area is 121 Å². The molecule has 0 saturated heterocycles. The van der Waals surface area contributed by atoms with Gasteiger partial charge in [0, 0.05) is 0 Å². The molecular weight excluding hydrogens is 268 g/mol. The molecule has 2 aromatic heterocycles. The molecule has 4 heteroatoms. The number of aryl methyl sites for hydroxylation is 1. The van der Waals surface area contributed by atoms with Crippen LogP contribution in [0.5, 0.6) is 0 Å². The van der Waals surface area contributed by atoms with Crippen LogP contribution in [0.2, 0.25) is 0 Å². The third kappa shape index (κ3) is 2.66. The molecule has 0 amide bonds. The summed E-state index contributed by atoms with van der Waals surface area (Å²) in [5.74, 6) is 0. The molecule has 3 aromatic rings. The first-order chi connectivity index (χ1) is 9.74. The van der Waals surface area contributed by atoms with Crippen molar-refractivity contribution in [3.05, 3.63) is 68.1 Å². The summed E-state index contributed by atoms with van der Waals surface area (Å²) in [6.07, 6.45) is 0. The van der Waals surface area contributed by atoms with Crippen LogP contribution < -0.4 is 10.9 Å². The number of aromatic amines is 1. The minimum atomic E-state index is 0.0224. The highest BCUT2D eigenvalue weighted by atomic mass is 32.1. The van der Waals surface area contributed by atoms with Gasteiger partial charge >= 0.3 is 0 Å². The van der Waals surface area contributed by atoms with Gasteiger partial charge in [0.15, 0.2) is 0 Å². The Morgan fingerprint density at radius 2 is 2.10 bits per heavy atom. The number of quaternary nitrogens is 1. The van der Waals surface area contributed by atoms with Crippen LogP contribution in [0.3, 0.4) is 0 Å². The average Bonchev–Trinajstić information content (AvgIpc) is 2.94. The zero-order valence-electron chi connectivity index (χ0n) is 11.3. The van der Waals surface area contributed by atoms with Crippen molar-refractivity contribution < 1.29 is 5.32 Å². The monoisotopic (exact) mass is 285 g/mol. The first kappa shape index (κ1) is 13.1. The molecule has 0 saturated carbocycles. The Morgan fingerprint density at radius 1 is 1.20 bits per heavy atom. The third-order valence-electron chi connectivity index (χ3n) is 3.45. The maximum absolute atomic E-state index is 12.1. The molecule has 0 radical (unpaired) electrons. The van der Waals surface area contributed by atoms with E-state index in [9.17, 15) is 4.79 Å². The SMILES string of the molecule is Cc1cccc2cc(C[NH2+]Cc3cccs3)c(=O)[nH]c12. The number of aromatic nitrogens is 1. The molecule has 0 atom stereocenters. The predicted octanol–water partition coefficient (Wildman–Crippen LogP) is 2.16. The van der Waals surface area contributed by atoms with Crippen molar-refractivity contribution in [1.29, 1.82) is 0 Å². The Kier molecular flexibility index (Phi) is 3.67. The van der Waals surface area contributed by atoms with Gasteiger partial charge in [0.1, 0.15) is 13.1 Å². The number of para-hydroxylation sites is 1. The van der Waals surface area contributed by atoms with E-state index < -0.39 is 0 Å². The summed E-state index contributed by atoms with van der Waals surface area (Å²) in [7, 11) is 0. The van der Waals surface area contributed by atoms with E-state index in [0.717, 1.165) is 28.6 Å². The minimum absolute atomic E-state index is 0.0224. The molecule has 3 N–H and O–H groups in total. The van der Waals surface area contributed by atoms with Crippen molar-refractivity contribution in [1.82, 2.24) is 4.98 Å². The van der Waals surface area contributed by atoms with Crippen molar-refractivity contribution in [2.45, 2.75) is 20.0 Å². The molecule has 0 aliphatic rings. The number of rotatable bonds is 4. The zero-order chi connectivity index (χ0) is 13.9. The van der Waals surface area contributed by atoms with E-state index in [0.29, 0.717) is 6.54 Å². The maximum Gasteiger partial charge on any atom is 0.257 e. The number of H-pyrrole nitrogens is 1. The molecule has 1 aromatic carbocycles. The van der Waals surface area contributed by atoms with Gasteiger partial charge in [0.25, 0.3) is 5.56 Å². The highest BCUT2D eigenvalue weighted by Crippen LogP contribution is 2.14. The van der Waals surface area contributed by atoms with E-state index in [1.807, 2.05) is 31.2 Å². The van der Waals surface area contributed by atoms with Crippen molar-refractivity contribution in [3.8, 4) is 0 Å². The van der Waals surface area contributed by atoms with Gasteiger partial charge in [0.2, 0.25) is 0 Å². The second-order valence-electron chi connectivity index (χ2n) is 4.94. The fourth-order valence-corrected chi connectivity index (χ4v) is 3.08. The van der Waals surface area contributed by atoms with Crippen LogP contribution in [-0.4, -0.2) is 4.98 Å². The van der Waals surface area contributed by atoms with Gasteiger partial charge in [-0.1, -0.05) is 24.3 Å². The molecule has 0 aliphatic carbocycles. The second kappa shape index (κ2) is 5.61. The van der Waals surface area contributed by atoms with Crippen LogP contribution in [0.25, 0.3) is 10.9 Å². The lowest BCUT2D eigenvalue weighted by molar-refractivity contribution is -0.685. The third-order valence-corrected chi connectivity index (χ3v) is 4.35. The van der Waals surface area contributed by atoms with E-state index in [4.69, 9.17) is 0 Å². The zero-order valence-corrected chi connectivity index (χ0v) is 12.2. The summed E-state index contributed by atoms with van der Waals surface area (Å²) in [5, 5.41) is 5.34. The number of nitrogens with two attached hydrogens (primary N) is 1. The van der Waals surface area contributed by atoms with Crippen LogP contribution in [-0.2, 0) is 13.1 Å². The first-order valence-electron chi connectivity index (χ1n) is 6.69. The molecule has 2 heterocycles. The van der Waals surface area contributed by atoms with Crippen LogP contribution in [0, 0.1) is 6.92 Å². The van der Waals surface area contributed by atoms with Gasteiger partial charge in [-0.05, 0) is 35.4 Å². The number of fused-ring (bicyclic) bond motifs is 1. The number of nitrogens with one attached hydrogen (secondary N) is 1. The molecular formula is C16H17N2OS+. The molecule has 20 heavy (non-hydrogen) atoms. The highest BCUT2D eigenvalue weighted by molar-refractivity contribution is 7.09. The predicted molar refractivity (Wildman–Crippen MR) is 83.0 cm³/mol. The number of pyridine rings is 1. The number of hydrogen-bond acceptors (Lipinski definition) is 2. The van der Waals surface area contributed by atoms with Crippen LogP contribution >= 0.6 is 11.3 Å². The lowest BCUT2D eigenvalue weighted by Crippen LogP contribution is -2.81. The fourth-order valence-electron chi connectivity index (χ4n) is 2.38. The number of thiophene rings is 1. The van der Waals surface area contributed by atoms with Crippen molar-refractivity contribution in [3.63, 3.8) is 0 Å². The Hall–Kier alpha value is -1.91. The van der Waals surface area contributed by atoms with Gasteiger partial charge < -0.3 is 10.3 Å². The maximum atomic E-state index is 12.1. The van der Waals surface area contributed by atoms with E-state index in [1.165, 1.54) is 4.88 Å². The lowest BCUT2D eigenvalue weighted by atomic mass is 10.1. The molecule has 0 bridgehead atoms. The Morgan fingerprint density at radius 3 is 2.90 bits per heavy atom. The van der Waals surface area contributed by atoms with Gasteiger partial charge in [-0.15, -0.1) is 11.3 Å². The normalized spacial score (nSPS) is 11.1. The molecule has 0 fully saturated rings. The van der Waals surface area contributed by atoms with E-state index in [1.54, 1.807) is 11.3 Å². The molecule has 0 aliphatic heterocycles. The van der Waals surface area contributed by atoms with E-state index >= 15 is 0 Å². The summed E-state index contributed by atoms with van der Waals surface area (Å²) in [4.78, 5) is 16.4. The van der Waals surface area contributed by atoms with Crippen molar-refractivity contribution in [2.24, 2.45) is 0 Å². The van der Waals surface area contributed by atoms with Gasteiger partial charge in [0.05, 0.1) is 16.0 Å². The van der Waals surface area contributed by atoms with E-state index in [-0.39, 0.29) is 5.56 Å². The number of benzene rings is 1. The smallest absolute Gasteiger partial charge is 0.257 e. The van der Waals surface area contributed by atoms with Crippen LogP contribution in [0.4, 0.5) is 0 Å². The van der Waals surface area contributed by atoms with E-state index in [2.05, 4.69) is 27.8 Å². The standard InChI is InChI=1S/C16H16N2OS/c1-11-4-2-5-12-8-13(16(19)18-15(11)12)9-17-10-14-6-3-7-20-14/h2-8,17H,9-10H2,1H3,(H,18,19)/p+1. The first-order valence-corrected chi connectivity index (χ1v) is 7.57. The molecule has 102 valence electrons. The van der Waals surface area contributed by atoms with Gasteiger partial charge in [-0.25, -0.2) is 0 Å². The quantitative estimate of drug-likeness (QED) is 0.758. The molecule has 0 spiro atoms. The second-order valence-corrected chi connectivity index (χ2v) is 5.97. The summed E-state index contributed by atoms with van der Waals surface area (Å²) in [5.41, 5.74) is 2.90. The summed E-state index contributed by atoms with van der Waals surface area (Å²) < 4.78 is 0. The minimum Gasteiger partial charge on any atom is -0.338 e. The number of hydrogen-bond donors (Lipinski definition) is 2.